The van der Waals surface area contributed by atoms with Gasteiger partial charge in [0.25, 0.3) is 0 Å². The number of carbonyl (C=O) groups excluding carboxylic acids is 1. The van der Waals surface area contributed by atoms with Gasteiger partial charge in [-0.05, 0) is 46.9 Å². The summed E-state index contributed by atoms with van der Waals surface area (Å²) in [5.74, 6) is -0.378. The molecule has 4 aromatic carbocycles. The van der Waals surface area contributed by atoms with Crippen molar-refractivity contribution in [1.29, 1.82) is 0 Å². The number of fused-ring (bicyclic) bond motifs is 1. The summed E-state index contributed by atoms with van der Waals surface area (Å²) >= 11 is 0. The molecule has 0 saturated carbocycles. The standard InChI is InChI=1S/C25H22N2O3S/c1-31(29,30)27(23-11-5-7-17-6-2-3-9-20(17)23)16-24(28)26-22-15-14-19-13-12-18-8-4-10-21(22)25(18)19/h2-11,14-15H,12-13,16H2,1H3,(H,26,28). The van der Waals surface area contributed by atoms with Gasteiger partial charge in [0.15, 0.2) is 0 Å². The van der Waals surface area contributed by atoms with Crippen LogP contribution in [0.4, 0.5) is 11.4 Å². The largest absolute Gasteiger partial charge is 0.324 e. The van der Waals surface area contributed by atoms with Crippen molar-refractivity contribution >= 4 is 48.9 Å². The molecule has 1 aliphatic carbocycles. The molecule has 31 heavy (non-hydrogen) atoms. The van der Waals surface area contributed by atoms with Crippen molar-refractivity contribution < 1.29 is 13.2 Å². The zero-order valence-electron chi connectivity index (χ0n) is 17.1. The van der Waals surface area contributed by atoms with E-state index in [1.165, 1.54) is 20.8 Å². The van der Waals surface area contributed by atoms with Crippen LogP contribution in [0.25, 0.3) is 21.5 Å². The lowest BCUT2D eigenvalue weighted by molar-refractivity contribution is -0.114. The fourth-order valence-corrected chi connectivity index (χ4v) is 5.35. The van der Waals surface area contributed by atoms with E-state index in [1.54, 1.807) is 12.1 Å². The van der Waals surface area contributed by atoms with Crippen LogP contribution in [0.3, 0.4) is 0 Å². The van der Waals surface area contributed by atoms with Crippen LogP contribution < -0.4 is 9.62 Å². The second kappa shape index (κ2) is 7.39. The molecule has 0 saturated heterocycles. The number of anilines is 2. The van der Waals surface area contributed by atoms with Crippen molar-refractivity contribution in [3.63, 3.8) is 0 Å². The number of benzene rings is 4. The maximum atomic E-state index is 13.0. The summed E-state index contributed by atoms with van der Waals surface area (Å²) < 4.78 is 26.4. The number of rotatable bonds is 5. The molecule has 0 heterocycles. The molecule has 0 bridgehead atoms. The molecule has 0 radical (unpaired) electrons. The Hall–Kier alpha value is -3.38. The average Bonchev–Trinajstić information content (AvgIpc) is 3.18. The zero-order chi connectivity index (χ0) is 21.6. The Bertz CT molecular complexity index is 1430. The zero-order valence-corrected chi connectivity index (χ0v) is 17.9. The summed E-state index contributed by atoms with van der Waals surface area (Å²) in [6, 6.07) is 23.1. The molecule has 156 valence electrons. The molecule has 0 spiro atoms. The number of aryl methyl sites for hydroxylation is 2. The molecule has 1 aliphatic rings. The van der Waals surface area contributed by atoms with Crippen molar-refractivity contribution in [1.82, 2.24) is 0 Å². The van der Waals surface area contributed by atoms with Gasteiger partial charge in [-0.1, -0.05) is 60.7 Å². The van der Waals surface area contributed by atoms with Gasteiger partial charge >= 0.3 is 0 Å². The molecule has 0 atom stereocenters. The lowest BCUT2D eigenvalue weighted by Crippen LogP contribution is -2.37. The number of hydrogen-bond acceptors (Lipinski definition) is 3. The summed E-state index contributed by atoms with van der Waals surface area (Å²) in [5.41, 5.74) is 3.78. The molecule has 0 unspecified atom stereocenters. The van der Waals surface area contributed by atoms with Crippen LogP contribution in [0.2, 0.25) is 0 Å². The molecule has 1 amide bonds. The third-order valence-corrected chi connectivity index (χ3v) is 7.00. The van der Waals surface area contributed by atoms with E-state index in [9.17, 15) is 13.2 Å². The molecule has 4 aromatic rings. The molecule has 6 heteroatoms. The number of hydrogen-bond donors (Lipinski definition) is 1. The topological polar surface area (TPSA) is 66.5 Å². The second-order valence-corrected chi connectivity index (χ2v) is 9.83. The van der Waals surface area contributed by atoms with E-state index >= 15 is 0 Å². The number of amides is 1. The highest BCUT2D eigenvalue weighted by molar-refractivity contribution is 7.92. The first-order chi connectivity index (χ1) is 14.9. The Labute approximate surface area is 181 Å². The average molecular weight is 431 g/mol. The maximum absolute atomic E-state index is 13.0. The molecule has 0 aliphatic heterocycles. The third-order valence-electron chi connectivity index (χ3n) is 5.87. The van der Waals surface area contributed by atoms with Gasteiger partial charge in [0.2, 0.25) is 15.9 Å². The van der Waals surface area contributed by atoms with Crippen molar-refractivity contribution in [3.8, 4) is 0 Å². The molecular weight excluding hydrogens is 408 g/mol. The lowest BCUT2D eigenvalue weighted by atomic mass is 10.0. The van der Waals surface area contributed by atoms with Crippen LogP contribution in [0.1, 0.15) is 11.1 Å². The molecule has 0 fully saturated rings. The van der Waals surface area contributed by atoms with Crippen molar-refractivity contribution in [2.75, 3.05) is 22.4 Å². The minimum Gasteiger partial charge on any atom is -0.324 e. The highest BCUT2D eigenvalue weighted by Gasteiger charge is 2.23. The first-order valence-electron chi connectivity index (χ1n) is 10.2. The predicted molar refractivity (Wildman–Crippen MR) is 126 cm³/mol. The van der Waals surface area contributed by atoms with Gasteiger partial charge in [0, 0.05) is 16.5 Å². The van der Waals surface area contributed by atoms with E-state index < -0.39 is 10.0 Å². The lowest BCUT2D eigenvalue weighted by Gasteiger charge is -2.23. The Morgan fingerprint density at radius 3 is 2.35 bits per heavy atom. The van der Waals surface area contributed by atoms with E-state index in [2.05, 4.69) is 11.4 Å². The number of nitrogens with one attached hydrogen (secondary N) is 1. The van der Waals surface area contributed by atoms with Gasteiger partial charge in [0.05, 0.1) is 11.9 Å². The van der Waals surface area contributed by atoms with E-state index in [0.717, 1.165) is 35.3 Å². The van der Waals surface area contributed by atoms with Gasteiger partial charge in [-0.15, -0.1) is 0 Å². The van der Waals surface area contributed by atoms with Gasteiger partial charge in [-0.2, -0.15) is 0 Å². The Balaban J connectivity index is 1.49. The van der Waals surface area contributed by atoms with Crippen molar-refractivity contribution in [3.05, 3.63) is 83.9 Å². The highest BCUT2D eigenvalue weighted by atomic mass is 32.2. The van der Waals surface area contributed by atoms with E-state index in [-0.39, 0.29) is 12.5 Å². The molecule has 0 aromatic heterocycles. The summed E-state index contributed by atoms with van der Waals surface area (Å²) in [4.78, 5) is 13.0. The Morgan fingerprint density at radius 1 is 0.871 bits per heavy atom. The van der Waals surface area contributed by atoms with Gasteiger partial charge in [0.1, 0.15) is 6.54 Å². The highest BCUT2D eigenvalue weighted by Crippen LogP contribution is 2.35. The first kappa shape index (κ1) is 19.6. The maximum Gasteiger partial charge on any atom is 0.245 e. The fourth-order valence-electron chi connectivity index (χ4n) is 4.48. The molecule has 5 rings (SSSR count). The number of sulfonamides is 1. The molecule has 1 N–H and O–H groups in total. The monoisotopic (exact) mass is 430 g/mol. The normalized spacial score (nSPS) is 12.9. The van der Waals surface area contributed by atoms with Gasteiger partial charge < -0.3 is 5.32 Å². The van der Waals surface area contributed by atoms with E-state index in [0.29, 0.717) is 11.4 Å². The summed E-state index contributed by atoms with van der Waals surface area (Å²) in [5, 5.41) is 6.85. The van der Waals surface area contributed by atoms with Gasteiger partial charge in [-0.3, -0.25) is 9.10 Å². The first-order valence-corrected chi connectivity index (χ1v) is 12.1. The van der Waals surface area contributed by atoms with Crippen molar-refractivity contribution in [2.24, 2.45) is 0 Å². The van der Waals surface area contributed by atoms with Crippen LogP contribution in [0.15, 0.2) is 72.8 Å². The Morgan fingerprint density at radius 2 is 1.55 bits per heavy atom. The summed E-state index contributed by atoms with van der Waals surface area (Å²) in [7, 11) is -3.67. The molecular formula is C25H22N2O3S. The predicted octanol–water partition coefficient (Wildman–Crippen LogP) is 4.50. The third kappa shape index (κ3) is 3.53. The molecule has 5 nitrogen and oxygen atoms in total. The smallest absolute Gasteiger partial charge is 0.245 e. The quantitative estimate of drug-likeness (QED) is 0.507. The number of carbonyl (C=O) groups is 1. The minimum absolute atomic E-state index is 0.296. The Kier molecular flexibility index (Phi) is 4.67. The SMILES string of the molecule is CS(=O)(=O)N(CC(=O)Nc1ccc2c3c(cccc13)CC2)c1cccc2ccccc12. The van der Waals surface area contributed by atoms with Crippen LogP contribution in [-0.4, -0.2) is 27.1 Å². The van der Waals surface area contributed by atoms with Crippen molar-refractivity contribution in [2.45, 2.75) is 12.8 Å². The summed E-state index contributed by atoms with van der Waals surface area (Å²) in [6.45, 7) is -0.296. The van der Waals surface area contributed by atoms with Gasteiger partial charge in [-0.25, -0.2) is 8.42 Å². The van der Waals surface area contributed by atoms with Crippen LogP contribution >= 0.6 is 0 Å². The number of nitrogens with zero attached hydrogens (tertiary/aromatic N) is 1. The fraction of sp³-hybridized carbons (Fsp3) is 0.160. The van der Waals surface area contributed by atoms with E-state index in [4.69, 9.17) is 0 Å². The van der Waals surface area contributed by atoms with E-state index in [1.807, 2.05) is 54.6 Å². The second-order valence-electron chi connectivity index (χ2n) is 7.93. The summed E-state index contributed by atoms with van der Waals surface area (Å²) in [6.07, 6.45) is 3.14. The van der Waals surface area contributed by atoms with Crippen LogP contribution in [0.5, 0.6) is 0 Å². The minimum atomic E-state index is -3.67. The van der Waals surface area contributed by atoms with Crippen LogP contribution in [0, 0.1) is 0 Å². The van der Waals surface area contributed by atoms with Crippen LogP contribution in [-0.2, 0) is 27.7 Å².